The Morgan fingerprint density at radius 2 is 1.80 bits per heavy atom. The molecule has 0 unspecified atom stereocenters. The van der Waals surface area contributed by atoms with Crippen LogP contribution in [0.1, 0.15) is 11.3 Å². The van der Waals surface area contributed by atoms with E-state index >= 15 is 0 Å². The lowest BCUT2D eigenvalue weighted by Gasteiger charge is -2.08. The number of fused-ring (bicyclic) bond motifs is 1. The number of aryl methyl sites for hydroxylation is 2. The maximum absolute atomic E-state index is 13.9. The lowest BCUT2D eigenvalue weighted by molar-refractivity contribution is 0.585. The van der Waals surface area contributed by atoms with Crippen LogP contribution in [0.2, 0.25) is 0 Å². The molecule has 5 heteroatoms. The Labute approximate surface area is 114 Å². The second-order valence-electron chi connectivity index (χ2n) is 4.61. The number of pyridine rings is 1. The van der Waals surface area contributed by atoms with Gasteiger partial charge in [0.2, 0.25) is 0 Å². The monoisotopic (exact) mass is 271 g/mol. The predicted octanol–water partition coefficient (Wildman–Crippen LogP) is 3.59. The highest BCUT2D eigenvalue weighted by Gasteiger charge is 2.13. The normalized spacial score (nSPS) is 11.0. The molecule has 0 saturated carbocycles. The quantitative estimate of drug-likeness (QED) is 0.679. The zero-order chi connectivity index (χ0) is 14.3. The summed E-state index contributed by atoms with van der Waals surface area (Å²) in [5, 5.41) is 0.654. The van der Waals surface area contributed by atoms with E-state index in [-0.39, 0.29) is 5.56 Å². The fourth-order valence-electron chi connectivity index (χ4n) is 2.07. The van der Waals surface area contributed by atoms with Crippen LogP contribution in [0.25, 0.3) is 22.3 Å². The van der Waals surface area contributed by atoms with Crippen molar-refractivity contribution in [2.45, 2.75) is 13.8 Å². The zero-order valence-corrected chi connectivity index (χ0v) is 11.0. The number of hydrogen-bond donors (Lipinski definition) is 0. The first kappa shape index (κ1) is 12.6. The van der Waals surface area contributed by atoms with E-state index in [1.165, 1.54) is 18.5 Å². The molecule has 1 aromatic carbocycles. The van der Waals surface area contributed by atoms with E-state index in [1.807, 2.05) is 19.9 Å². The van der Waals surface area contributed by atoms with Crippen molar-refractivity contribution >= 4 is 11.0 Å². The highest BCUT2D eigenvalue weighted by Crippen LogP contribution is 2.28. The molecule has 3 aromatic rings. The van der Waals surface area contributed by atoms with E-state index in [1.54, 1.807) is 0 Å². The smallest absolute Gasteiger partial charge is 0.163 e. The predicted molar refractivity (Wildman–Crippen MR) is 72.2 cm³/mol. The molecule has 2 heterocycles. The highest BCUT2D eigenvalue weighted by molar-refractivity contribution is 5.90. The summed E-state index contributed by atoms with van der Waals surface area (Å²) in [5.41, 5.74) is 2.99. The van der Waals surface area contributed by atoms with Crippen LogP contribution in [-0.4, -0.2) is 15.0 Å². The van der Waals surface area contributed by atoms with E-state index in [4.69, 9.17) is 0 Å². The summed E-state index contributed by atoms with van der Waals surface area (Å²) in [4.78, 5) is 12.6. The van der Waals surface area contributed by atoms with Crippen molar-refractivity contribution in [1.82, 2.24) is 15.0 Å². The SMILES string of the molecule is Cc1cc2c(-c3ccc(F)cc3F)ncnc2nc1C. The van der Waals surface area contributed by atoms with Crippen LogP contribution in [0.3, 0.4) is 0 Å². The molecule has 3 nitrogen and oxygen atoms in total. The van der Waals surface area contributed by atoms with Crippen molar-refractivity contribution in [1.29, 1.82) is 0 Å². The first-order chi connectivity index (χ1) is 9.56. The van der Waals surface area contributed by atoms with Crippen LogP contribution in [0.5, 0.6) is 0 Å². The molecule has 0 radical (unpaired) electrons. The van der Waals surface area contributed by atoms with Crippen molar-refractivity contribution in [3.8, 4) is 11.3 Å². The molecule has 0 amide bonds. The third kappa shape index (κ3) is 2.01. The van der Waals surface area contributed by atoms with Crippen LogP contribution in [0, 0.1) is 25.5 Å². The molecule has 100 valence electrons. The van der Waals surface area contributed by atoms with Gasteiger partial charge in [0, 0.05) is 22.7 Å². The van der Waals surface area contributed by atoms with E-state index < -0.39 is 11.6 Å². The van der Waals surface area contributed by atoms with Gasteiger partial charge in [-0.15, -0.1) is 0 Å². The minimum Gasteiger partial charge on any atom is -0.235 e. The van der Waals surface area contributed by atoms with Gasteiger partial charge in [-0.05, 0) is 37.6 Å². The summed E-state index contributed by atoms with van der Waals surface area (Å²) >= 11 is 0. The molecular formula is C15H11F2N3. The molecule has 0 spiro atoms. The van der Waals surface area contributed by atoms with Crippen LogP contribution >= 0.6 is 0 Å². The lowest BCUT2D eigenvalue weighted by atomic mass is 10.1. The standard InChI is InChI=1S/C15H11F2N3/c1-8-5-12-14(11-4-3-10(16)6-13(11)17)18-7-19-15(12)20-9(8)2/h3-7H,1-2H3. The van der Waals surface area contributed by atoms with Gasteiger partial charge in [0.1, 0.15) is 18.0 Å². The first-order valence-electron chi connectivity index (χ1n) is 6.10. The van der Waals surface area contributed by atoms with Crippen LogP contribution in [0.4, 0.5) is 8.78 Å². The molecule has 2 aromatic heterocycles. The van der Waals surface area contributed by atoms with E-state index in [0.29, 0.717) is 16.7 Å². The Bertz CT molecular complexity index is 816. The molecule has 20 heavy (non-hydrogen) atoms. The number of aromatic nitrogens is 3. The molecule has 3 rings (SSSR count). The summed E-state index contributed by atoms with van der Waals surface area (Å²) in [6.45, 7) is 3.80. The Morgan fingerprint density at radius 1 is 1.00 bits per heavy atom. The zero-order valence-electron chi connectivity index (χ0n) is 11.0. The van der Waals surface area contributed by atoms with Gasteiger partial charge < -0.3 is 0 Å². The Kier molecular flexibility index (Phi) is 2.89. The van der Waals surface area contributed by atoms with Gasteiger partial charge in [0.25, 0.3) is 0 Å². The van der Waals surface area contributed by atoms with Gasteiger partial charge in [0.05, 0.1) is 5.69 Å². The van der Waals surface area contributed by atoms with E-state index in [9.17, 15) is 8.78 Å². The van der Waals surface area contributed by atoms with Crippen LogP contribution in [0.15, 0.2) is 30.6 Å². The van der Waals surface area contributed by atoms with Gasteiger partial charge in [-0.2, -0.15) is 0 Å². The molecule has 0 saturated heterocycles. The first-order valence-corrected chi connectivity index (χ1v) is 6.10. The molecular weight excluding hydrogens is 260 g/mol. The fraction of sp³-hybridized carbons (Fsp3) is 0.133. The summed E-state index contributed by atoms with van der Waals surface area (Å²) in [7, 11) is 0. The fourth-order valence-corrected chi connectivity index (χ4v) is 2.07. The van der Waals surface area contributed by atoms with Crippen molar-refractivity contribution in [2.24, 2.45) is 0 Å². The van der Waals surface area contributed by atoms with Crippen molar-refractivity contribution in [3.05, 3.63) is 53.5 Å². The Balaban J connectivity index is 2.33. The van der Waals surface area contributed by atoms with Crippen LogP contribution in [-0.2, 0) is 0 Å². The average Bonchev–Trinajstić information content (AvgIpc) is 2.40. The summed E-state index contributed by atoms with van der Waals surface area (Å²) in [5.74, 6) is -1.27. The summed E-state index contributed by atoms with van der Waals surface area (Å²) in [6.07, 6.45) is 1.34. The van der Waals surface area contributed by atoms with Crippen molar-refractivity contribution in [2.75, 3.05) is 0 Å². The van der Waals surface area contributed by atoms with Crippen molar-refractivity contribution < 1.29 is 8.78 Å². The second kappa shape index (κ2) is 4.59. The number of hydrogen-bond acceptors (Lipinski definition) is 3. The molecule has 0 aliphatic rings. The maximum Gasteiger partial charge on any atom is 0.163 e. The summed E-state index contributed by atoms with van der Waals surface area (Å²) in [6, 6.07) is 5.30. The molecule has 0 atom stereocenters. The third-order valence-electron chi connectivity index (χ3n) is 3.25. The third-order valence-corrected chi connectivity index (χ3v) is 3.25. The van der Waals surface area contributed by atoms with Crippen LogP contribution < -0.4 is 0 Å². The molecule has 0 fully saturated rings. The number of halogens is 2. The largest absolute Gasteiger partial charge is 0.235 e. The van der Waals surface area contributed by atoms with Gasteiger partial charge in [-0.3, -0.25) is 0 Å². The van der Waals surface area contributed by atoms with Crippen molar-refractivity contribution in [3.63, 3.8) is 0 Å². The lowest BCUT2D eigenvalue weighted by Crippen LogP contribution is -1.96. The Hall–Kier alpha value is -2.43. The number of benzene rings is 1. The van der Waals surface area contributed by atoms with E-state index in [2.05, 4.69) is 15.0 Å². The second-order valence-corrected chi connectivity index (χ2v) is 4.61. The highest BCUT2D eigenvalue weighted by atomic mass is 19.1. The molecule has 0 N–H and O–H groups in total. The minimum absolute atomic E-state index is 0.240. The molecule has 0 aliphatic carbocycles. The Morgan fingerprint density at radius 3 is 2.55 bits per heavy atom. The van der Waals surface area contributed by atoms with Gasteiger partial charge in [-0.25, -0.2) is 23.7 Å². The van der Waals surface area contributed by atoms with E-state index in [0.717, 1.165) is 17.3 Å². The summed E-state index contributed by atoms with van der Waals surface area (Å²) < 4.78 is 26.9. The molecule has 0 bridgehead atoms. The molecule has 0 aliphatic heterocycles. The number of nitrogens with zero attached hydrogens (tertiary/aromatic N) is 3. The van der Waals surface area contributed by atoms with Gasteiger partial charge in [-0.1, -0.05) is 0 Å². The number of rotatable bonds is 1. The minimum atomic E-state index is -0.650. The maximum atomic E-state index is 13.9. The van der Waals surface area contributed by atoms with Gasteiger partial charge >= 0.3 is 0 Å². The average molecular weight is 271 g/mol. The topological polar surface area (TPSA) is 38.7 Å². The van der Waals surface area contributed by atoms with Gasteiger partial charge in [0.15, 0.2) is 5.65 Å².